The number of nitrogens with zero attached hydrogens (tertiary/aromatic N) is 1. The molecule has 0 aromatic rings. The SMILES string of the molecule is CN(CCCN)C(=O)CCS(=O)C1CCOCC1. The van der Waals surface area contributed by atoms with Gasteiger partial charge in [-0.2, -0.15) is 0 Å². The first-order chi connectivity index (χ1) is 8.65. The molecule has 1 fully saturated rings. The maximum atomic E-state index is 12.0. The zero-order valence-corrected chi connectivity index (χ0v) is 11.9. The monoisotopic (exact) mass is 276 g/mol. The van der Waals surface area contributed by atoms with Gasteiger partial charge in [0.2, 0.25) is 5.91 Å². The molecule has 6 heteroatoms. The summed E-state index contributed by atoms with van der Waals surface area (Å²) in [6, 6.07) is 0. The number of hydrogen-bond donors (Lipinski definition) is 1. The van der Waals surface area contributed by atoms with Gasteiger partial charge < -0.3 is 15.4 Å². The molecule has 0 saturated carbocycles. The van der Waals surface area contributed by atoms with Crippen LogP contribution in [-0.4, -0.2) is 59.4 Å². The normalized spacial score (nSPS) is 18.6. The van der Waals surface area contributed by atoms with Gasteiger partial charge in [-0.1, -0.05) is 0 Å². The van der Waals surface area contributed by atoms with Gasteiger partial charge in [-0.25, -0.2) is 0 Å². The van der Waals surface area contributed by atoms with E-state index in [1.807, 2.05) is 0 Å². The van der Waals surface area contributed by atoms with Crippen LogP contribution < -0.4 is 5.73 Å². The Morgan fingerprint density at radius 1 is 1.44 bits per heavy atom. The predicted octanol–water partition coefficient (Wildman–Crippen LogP) is 0.111. The number of carbonyl (C=O) groups is 1. The van der Waals surface area contributed by atoms with Gasteiger partial charge in [0, 0.05) is 55.0 Å². The highest BCUT2D eigenvalue weighted by atomic mass is 32.2. The quantitative estimate of drug-likeness (QED) is 0.716. The predicted molar refractivity (Wildman–Crippen MR) is 72.8 cm³/mol. The molecular formula is C12H24N2O3S. The third-order valence-corrected chi connectivity index (χ3v) is 5.00. The van der Waals surface area contributed by atoms with Crippen molar-refractivity contribution in [2.24, 2.45) is 5.73 Å². The minimum Gasteiger partial charge on any atom is -0.381 e. The van der Waals surface area contributed by atoms with Gasteiger partial charge >= 0.3 is 0 Å². The summed E-state index contributed by atoms with van der Waals surface area (Å²) in [5, 5.41) is 0.209. The van der Waals surface area contributed by atoms with Crippen molar-refractivity contribution >= 4 is 16.7 Å². The van der Waals surface area contributed by atoms with Gasteiger partial charge in [-0.3, -0.25) is 9.00 Å². The van der Waals surface area contributed by atoms with Gasteiger partial charge in [0.05, 0.1) is 0 Å². The lowest BCUT2D eigenvalue weighted by Gasteiger charge is -2.22. The first-order valence-electron chi connectivity index (χ1n) is 6.54. The van der Waals surface area contributed by atoms with Gasteiger partial charge in [0.15, 0.2) is 0 Å². The van der Waals surface area contributed by atoms with Crippen LogP contribution in [0.2, 0.25) is 0 Å². The van der Waals surface area contributed by atoms with Gasteiger partial charge in [-0.15, -0.1) is 0 Å². The molecule has 1 saturated heterocycles. The smallest absolute Gasteiger partial charge is 0.223 e. The van der Waals surface area contributed by atoms with Crippen LogP contribution in [0.15, 0.2) is 0 Å². The number of hydrogen-bond acceptors (Lipinski definition) is 4. The molecule has 106 valence electrons. The van der Waals surface area contributed by atoms with Crippen LogP contribution in [0, 0.1) is 0 Å². The van der Waals surface area contributed by atoms with Crippen LogP contribution in [-0.2, 0) is 20.3 Å². The summed E-state index contributed by atoms with van der Waals surface area (Å²) < 4.78 is 17.2. The molecule has 0 radical (unpaired) electrons. The Kier molecular flexibility index (Phi) is 7.46. The summed E-state index contributed by atoms with van der Waals surface area (Å²) >= 11 is 0. The maximum absolute atomic E-state index is 12.0. The number of ether oxygens (including phenoxy) is 1. The molecule has 0 aromatic heterocycles. The lowest BCUT2D eigenvalue weighted by atomic mass is 10.2. The zero-order chi connectivity index (χ0) is 13.4. The second kappa shape index (κ2) is 8.61. The van der Waals surface area contributed by atoms with Crippen molar-refractivity contribution in [3.05, 3.63) is 0 Å². The van der Waals surface area contributed by atoms with Gasteiger partial charge in [0.25, 0.3) is 0 Å². The van der Waals surface area contributed by atoms with Crippen molar-refractivity contribution in [2.75, 3.05) is 39.1 Å². The first-order valence-corrected chi connectivity index (χ1v) is 7.92. The molecule has 2 N–H and O–H groups in total. The van der Waals surface area contributed by atoms with E-state index in [4.69, 9.17) is 10.5 Å². The average molecular weight is 276 g/mol. The lowest BCUT2D eigenvalue weighted by molar-refractivity contribution is -0.129. The fourth-order valence-electron chi connectivity index (χ4n) is 1.94. The molecule has 1 unspecified atom stereocenters. The lowest BCUT2D eigenvalue weighted by Crippen LogP contribution is -2.32. The van der Waals surface area contributed by atoms with E-state index in [-0.39, 0.29) is 11.2 Å². The highest BCUT2D eigenvalue weighted by Gasteiger charge is 2.21. The summed E-state index contributed by atoms with van der Waals surface area (Å²) in [6.45, 7) is 2.66. The van der Waals surface area contributed by atoms with E-state index in [2.05, 4.69) is 0 Å². The van der Waals surface area contributed by atoms with Crippen LogP contribution in [0.5, 0.6) is 0 Å². The summed E-state index contributed by atoms with van der Waals surface area (Å²) in [5.74, 6) is 0.528. The minimum atomic E-state index is -0.901. The zero-order valence-electron chi connectivity index (χ0n) is 11.1. The van der Waals surface area contributed by atoms with Crippen molar-refractivity contribution in [3.63, 3.8) is 0 Å². The fourth-order valence-corrected chi connectivity index (χ4v) is 3.36. The Morgan fingerprint density at radius 3 is 2.72 bits per heavy atom. The highest BCUT2D eigenvalue weighted by Crippen LogP contribution is 2.14. The second-order valence-corrected chi connectivity index (χ2v) is 6.44. The van der Waals surface area contributed by atoms with E-state index >= 15 is 0 Å². The van der Waals surface area contributed by atoms with Crippen LogP contribution in [0.4, 0.5) is 0 Å². The molecule has 1 rings (SSSR count). The van der Waals surface area contributed by atoms with Crippen LogP contribution in [0.3, 0.4) is 0 Å². The van der Waals surface area contributed by atoms with E-state index in [1.54, 1.807) is 11.9 Å². The number of carbonyl (C=O) groups excluding carboxylic acids is 1. The average Bonchev–Trinajstić information content (AvgIpc) is 2.42. The largest absolute Gasteiger partial charge is 0.381 e. The second-order valence-electron chi connectivity index (χ2n) is 4.60. The van der Waals surface area contributed by atoms with Crippen molar-refractivity contribution in [2.45, 2.75) is 30.9 Å². The van der Waals surface area contributed by atoms with E-state index in [9.17, 15) is 9.00 Å². The molecule has 1 aliphatic heterocycles. The number of rotatable bonds is 7. The summed E-state index contributed by atoms with van der Waals surface area (Å²) in [4.78, 5) is 13.4. The van der Waals surface area contributed by atoms with Crippen molar-refractivity contribution < 1.29 is 13.7 Å². The summed E-state index contributed by atoms with van der Waals surface area (Å²) in [5.41, 5.74) is 5.40. The molecule has 0 aromatic carbocycles. The highest BCUT2D eigenvalue weighted by molar-refractivity contribution is 7.85. The number of amides is 1. The van der Waals surface area contributed by atoms with E-state index < -0.39 is 10.8 Å². The molecule has 1 amide bonds. The Hall–Kier alpha value is -0.460. The van der Waals surface area contributed by atoms with Crippen molar-refractivity contribution in [1.29, 1.82) is 0 Å². The molecule has 0 spiro atoms. The van der Waals surface area contributed by atoms with Gasteiger partial charge in [-0.05, 0) is 25.8 Å². The molecule has 18 heavy (non-hydrogen) atoms. The molecule has 5 nitrogen and oxygen atoms in total. The third kappa shape index (κ3) is 5.46. The van der Waals surface area contributed by atoms with E-state index in [1.165, 1.54) is 0 Å². The molecule has 0 aliphatic carbocycles. The Morgan fingerprint density at radius 2 is 2.11 bits per heavy atom. The Bertz CT molecular complexity index is 280. The summed E-state index contributed by atoms with van der Waals surface area (Å²) in [6.07, 6.45) is 2.88. The Labute approximate surface area is 111 Å². The van der Waals surface area contributed by atoms with E-state index in [0.29, 0.717) is 38.5 Å². The van der Waals surface area contributed by atoms with Crippen LogP contribution in [0.25, 0.3) is 0 Å². The fraction of sp³-hybridized carbons (Fsp3) is 0.917. The molecule has 0 bridgehead atoms. The standard InChI is InChI=1S/C12H24N2O3S/c1-14(7-2-6-13)12(15)5-10-18(16)11-3-8-17-9-4-11/h11H,2-10,13H2,1H3. The third-order valence-electron chi connectivity index (χ3n) is 3.18. The molecular weight excluding hydrogens is 252 g/mol. The van der Waals surface area contributed by atoms with Crippen LogP contribution >= 0.6 is 0 Å². The minimum absolute atomic E-state index is 0.0591. The molecule has 1 heterocycles. The number of nitrogens with two attached hydrogens (primary N) is 1. The molecule has 1 aliphatic rings. The van der Waals surface area contributed by atoms with Crippen LogP contribution in [0.1, 0.15) is 25.7 Å². The topological polar surface area (TPSA) is 72.6 Å². The molecule has 1 atom stereocenters. The first kappa shape index (κ1) is 15.6. The Balaban J connectivity index is 2.22. The van der Waals surface area contributed by atoms with Crippen molar-refractivity contribution in [1.82, 2.24) is 4.90 Å². The van der Waals surface area contributed by atoms with E-state index in [0.717, 1.165) is 19.3 Å². The maximum Gasteiger partial charge on any atom is 0.223 e. The van der Waals surface area contributed by atoms with Gasteiger partial charge in [0.1, 0.15) is 0 Å². The summed E-state index contributed by atoms with van der Waals surface area (Å²) in [7, 11) is 0.872. The van der Waals surface area contributed by atoms with Crippen molar-refractivity contribution in [3.8, 4) is 0 Å².